The molecule has 1 aliphatic rings. The van der Waals surface area contributed by atoms with Crippen molar-refractivity contribution >= 4 is 34.6 Å². The molecular formula is C27H27F3N4O7. The summed E-state index contributed by atoms with van der Waals surface area (Å²) < 4.78 is 37.7. The second kappa shape index (κ2) is 13.6. The molecule has 2 heterocycles. The van der Waals surface area contributed by atoms with Gasteiger partial charge in [-0.1, -0.05) is 18.2 Å². The van der Waals surface area contributed by atoms with Crippen LogP contribution < -0.4 is 20.9 Å². The number of hydroxylamine groups is 1. The maximum Gasteiger partial charge on any atom is 0.490 e. The van der Waals surface area contributed by atoms with Crippen molar-refractivity contribution in [2.75, 3.05) is 6.54 Å². The lowest BCUT2D eigenvalue weighted by Crippen LogP contribution is -2.48. The zero-order valence-corrected chi connectivity index (χ0v) is 21.7. The summed E-state index contributed by atoms with van der Waals surface area (Å²) in [6, 6.07) is 16.0. The van der Waals surface area contributed by atoms with Crippen LogP contribution in [0.5, 0.6) is 5.75 Å². The highest BCUT2D eigenvalue weighted by molar-refractivity contribution is 5.95. The molecule has 0 aliphatic carbocycles. The van der Waals surface area contributed by atoms with Gasteiger partial charge >= 0.3 is 12.1 Å². The van der Waals surface area contributed by atoms with Crippen LogP contribution in [0.3, 0.4) is 0 Å². The second-order valence-corrected chi connectivity index (χ2v) is 9.06. The van der Waals surface area contributed by atoms with Crippen LogP contribution in [0.25, 0.3) is 10.9 Å². The van der Waals surface area contributed by atoms with Gasteiger partial charge in [0.2, 0.25) is 11.8 Å². The first kappa shape index (κ1) is 30.8. The molecule has 1 aromatic heterocycles. The predicted octanol–water partition coefficient (Wildman–Crippen LogP) is 2.89. The number of aromatic nitrogens is 1. The molecule has 3 aromatic rings. The molecule has 5 N–H and O–H groups in total. The lowest BCUT2D eigenvalue weighted by molar-refractivity contribution is -0.192. The van der Waals surface area contributed by atoms with E-state index in [2.05, 4.69) is 15.6 Å². The van der Waals surface area contributed by atoms with Gasteiger partial charge in [0.05, 0.1) is 11.4 Å². The largest absolute Gasteiger partial charge is 0.490 e. The molecule has 0 spiro atoms. The van der Waals surface area contributed by atoms with E-state index in [0.717, 1.165) is 22.2 Å². The fourth-order valence-electron chi connectivity index (χ4n) is 4.10. The zero-order valence-electron chi connectivity index (χ0n) is 21.7. The van der Waals surface area contributed by atoms with Crippen molar-refractivity contribution in [3.8, 4) is 5.75 Å². The van der Waals surface area contributed by atoms with Gasteiger partial charge in [0.15, 0.2) is 0 Å². The molecule has 1 saturated heterocycles. The third kappa shape index (κ3) is 8.63. The summed E-state index contributed by atoms with van der Waals surface area (Å²) in [5.41, 5.74) is 4.85. The lowest BCUT2D eigenvalue weighted by atomic mass is 9.95. The maximum absolute atomic E-state index is 12.8. The molecular weight excluding hydrogens is 549 g/mol. The monoisotopic (exact) mass is 576 g/mol. The van der Waals surface area contributed by atoms with Crippen LogP contribution in [0.2, 0.25) is 0 Å². The molecule has 1 aliphatic heterocycles. The molecule has 2 atom stereocenters. The Bertz CT molecular complexity index is 1410. The van der Waals surface area contributed by atoms with Gasteiger partial charge in [0.1, 0.15) is 12.4 Å². The van der Waals surface area contributed by atoms with Crippen molar-refractivity contribution in [2.24, 2.45) is 5.92 Å². The van der Waals surface area contributed by atoms with Crippen LogP contribution in [0.4, 0.5) is 13.2 Å². The SMILES string of the molecule is Cc1cc(COc2ccc(C(=O)N[C@@H]3CCC(=O)NC[C@@H]3C(=O)NO)cc2)c2ccccc2n1.O=C(O)C(F)(F)F. The van der Waals surface area contributed by atoms with E-state index in [1.807, 2.05) is 37.3 Å². The van der Waals surface area contributed by atoms with Crippen LogP contribution >= 0.6 is 0 Å². The average molecular weight is 577 g/mol. The van der Waals surface area contributed by atoms with Crippen molar-refractivity contribution in [1.29, 1.82) is 0 Å². The second-order valence-electron chi connectivity index (χ2n) is 9.06. The Morgan fingerprint density at radius 2 is 1.78 bits per heavy atom. The van der Waals surface area contributed by atoms with E-state index in [-0.39, 0.29) is 31.2 Å². The van der Waals surface area contributed by atoms with Gasteiger partial charge in [-0.2, -0.15) is 13.2 Å². The number of alkyl halides is 3. The smallest absolute Gasteiger partial charge is 0.489 e. The van der Waals surface area contributed by atoms with E-state index in [1.165, 1.54) is 0 Å². The predicted molar refractivity (Wildman–Crippen MR) is 138 cm³/mol. The third-order valence-corrected chi connectivity index (χ3v) is 6.13. The molecule has 4 rings (SSSR count). The van der Waals surface area contributed by atoms with E-state index in [4.69, 9.17) is 19.8 Å². The molecule has 0 unspecified atom stereocenters. The lowest BCUT2D eigenvalue weighted by Gasteiger charge is -2.24. The first-order valence-corrected chi connectivity index (χ1v) is 12.3. The van der Waals surface area contributed by atoms with Gasteiger partial charge in [-0.05, 0) is 49.7 Å². The maximum atomic E-state index is 12.8. The number of hydrogen-bond acceptors (Lipinski definition) is 7. The van der Waals surface area contributed by atoms with Crippen LogP contribution in [0.15, 0.2) is 54.6 Å². The van der Waals surface area contributed by atoms with Gasteiger partial charge in [0, 0.05) is 41.2 Å². The fourth-order valence-corrected chi connectivity index (χ4v) is 4.10. The summed E-state index contributed by atoms with van der Waals surface area (Å²) in [7, 11) is 0. The Balaban J connectivity index is 0.000000587. The summed E-state index contributed by atoms with van der Waals surface area (Å²) in [5, 5.41) is 22.6. The minimum atomic E-state index is -5.08. The van der Waals surface area contributed by atoms with Crippen LogP contribution in [0.1, 0.15) is 34.5 Å². The van der Waals surface area contributed by atoms with Crippen molar-refractivity contribution < 1.29 is 47.4 Å². The van der Waals surface area contributed by atoms with Crippen LogP contribution in [-0.4, -0.2) is 57.8 Å². The number of nitrogens with one attached hydrogen (secondary N) is 3. The molecule has 41 heavy (non-hydrogen) atoms. The molecule has 14 heteroatoms. The number of halogens is 3. The normalized spacial score (nSPS) is 16.9. The van der Waals surface area contributed by atoms with E-state index >= 15 is 0 Å². The molecule has 0 saturated carbocycles. The number of fused-ring (bicyclic) bond motifs is 1. The molecule has 0 radical (unpaired) electrons. The molecule has 218 valence electrons. The van der Waals surface area contributed by atoms with Crippen molar-refractivity contribution in [1.82, 2.24) is 21.1 Å². The Morgan fingerprint density at radius 1 is 1.12 bits per heavy atom. The first-order chi connectivity index (χ1) is 19.4. The van der Waals surface area contributed by atoms with Gasteiger partial charge < -0.3 is 20.5 Å². The van der Waals surface area contributed by atoms with Gasteiger partial charge in [0.25, 0.3) is 5.91 Å². The number of aryl methyl sites for hydroxylation is 1. The topological polar surface area (TPSA) is 167 Å². The number of benzene rings is 2. The van der Waals surface area contributed by atoms with Gasteiger partial charge in [-0.25, -0.2) is 10.3 Å². The summed E-state index contributed by atoms with van der Waals surface area (Å²) in [6.45, 7) is 2.33. The van der Waals surface area contributed by atoms with Gasteiger partial charge in [-0.3, -0.25) is 24.6 Å². The molecule has 2 aromatic carbocycles. The molecule has 3 amide bonds. The van der Waals surface area contributed by atoms with E-state index in [9.17, 15) is 27.6 Å². The Hall–Kier alpha value is -4.72. The molecule has 0 bridgehead atoms. The third-order valence-electron chi connectivity index (χ3n) is 6.13. The number of carboxylic acid groups (broad SMARTS) is 1. The quantitative estimate of drug-likeness (QED) is 0.221. The Morgan fingerprint density at radius 3 is 2.41 bits per heavy atom. The average Bonchev–Trinajstić information content (AvgIpc) is 3.12. The summed E-state index contributed by atoms with van der Waals surface area (Å²) in [4.78, 5) is 49.9. The van der Waals surface area contributed by atoms with Crippen LogP contribution in [0, 0.1) is 12.8 Å². The van der Waals surface area contributed by atoms with Crippen molar-refractivity contribution in [3.63, 3.8) is 0 Å². The number of aliphatic carboxylic acids is 1. The highest BCUT2D eigenvalue weighted by atomic mass is 19.4. The number of carbonyl (C=O) groups is 4. The Kier molecular flexibility index (Phi) is 10.2. The highest BCUT2D eigenvalue weighted by Gasteiger charge is 2.38. The number of amides is 3. The zero-order chi connectivity index (χ0) is 30.2. The first-order valence-electron chi connectivity index (χ1n) is 12.3. The fraction of sp³-hybridized carbons (Fsp3) is 0.296. The number of para-hydroxylation sites is 1. The minimum absolute atomic E-state index is 0.0338. The Labute approximate surface area is 231 Å². The minimum Gasteiger partial charge on any atom is -0.489 e. The number of ether oxygens (including phenoxy) is 1. The number of carbonyl (C=O) groups excluding carboxylic acids is 3. The standard InChI is InChI=1S/C25H26N4O5.C2HF3O2/c1-15-12-17(19-4-2-3-5-21(19)27-15)14-34-18-8-6-16(7-9-18)24(31)28-22-10-11-23(30)26-13-20(22)25(32)29-33;3-2(4,5)1(6)7/h2-9,12,20,22,33H,10-11,13-14H2,1H3,(H,26,30)(H,28,31)(H,29,32);(H,6,7)/t20-,22+;/m0./s1. The number of rotatable bonds is 6. The number of carboxylic acids is 1. The number of hydrogen-bond donors (Lipinski definition) is 5. The van der Waals surface area contributed by atoms with Crippen molar-refractivity contribution in [2.45, 2.75) is 38.6 Å². The van der Waals surface area contributed by atoms with Gasteiger partial charge in [-0.15, -0.1) is 0 Å². The van der Waals surface area contributed by atoms with E-state index in [1.54, 1.807) is 29.7 Å². The van der Waals surface area contributed by atoms with Crippen LogP contribution in [-0.2, 0) is 21.0 Å². The van der Waals surface area contributed by atoms with E-state index < -0.39 is 30.0 Å². The summed E-state index contributed by atoms with van der Waals surface area (Å²) >= 11 is 0. The number of pyridine rings is 1. The molecule has 11 nitrogen and oxygen atoms in total. The van der Waals surface area contributed by atoms with E-state index in [0.29, 0.717) is 17.9 Å². The number of nitrogens with zero attached hydrogens (tertiary/aromatic N) is 1. The highest BCUT2D eigenvalue weighted by Crippen LogP contribution is 2.21. The van der Waals surface area contributed by atoms with Crippen molar-refractivity contribution in [3.05, 3.63) is 71.4 Å². The summed E-state index contributed by atoms with van der Waals surface area (Å²) in [5.74, 6) is -4.16. The summed E-state index contributed by atoms with van der Waals surface area (Å²) in [6.07, 6.45) is -4.62. The molecule has 1 fully saturated rings.